The highest BCUT2D eigenvalue weighted by molar-refractivity contribution is 5.79. The molecule has 0 fully saturated rings. The predicted octanol–water partition coefficient (Wildman–Crippen LogP) is 0.786. The molecule has 0 saturated carbocycles. The first-order chi connectivity index (χ1) is 12.8. The summed E-state index contributed by atoms with van der Waals surface area (Å²) in [4.78, 5) is 4.25. The largest absolute Gasteiger partial charge is 0.355 e. The molecule has 0 radical (unpaired) electrons. The molecule has 0 aliphatic carbocycles. The van der Waals surface area contributed by atoms with E-state index in [-0.39, 0.29) is 0 Å². The average molecular weight is 353 g/mol. The molecule has 0 saturated heterocycles. The number of hydrogen-bond donors (Lipinski definition) is 2. The summed E-state index contributed by atoms with van der Waals surface area (Å²) < 4.78 is 3.98. The van der Waals surface area contributed by atoms with Gasteiger partial charge in [0.25, 0.3) is 0 Å². The first kappa shape index (κ1) is 17.6. The van der Waals surface area contributed by atoms with Crippen molar-refractivity contribution in [3.8, 4) is 5.69 Å². The number of para-hydroxylation sites is 1. The molecular weight excluding hydrogens is 330 g/mol. The van der Waals surface area contributed by atoms with Crippen LogP contribution in [-0.2, 0) is 19.5 Å². The summed E-state index contributed by atoms with van der Waals surface area (Å²) in [6.45, 7) is 4.08. The zero-order valence-electron chi connectivity index (χ0n) is 15.0. The quantitative estimate of drug-likeness (QED) is 0.481. The van der Waals surface area contributed by atoms with Gasteiger partial charge in [-0.2, -0.15) is 0 Å². The van der Waals surface area contributed by atoms with Crippen LogP contribution in [0.2, 0.25) is 0 Å². The SMILES string of the molecule is CCc1nncn1CCNC(=NC)NCc1nncn1-c1ccccc1. The lowest BCUT2D eigenvalue weighted by Crippen LogP contribution is -2.39. The van der Waals surface area contributed by atoms with Crippen LogP contribution in [-0.4, -0.2) is 49.1 Å². The molecule has 0 aliphatic heterocycles. The number of nitrogens with zero attached hydrogens (tertiary/aromatic N) is 7. The van der Waals surface area contributed by atoms with E-state index in [9.17, 15) is 0 Å². The molecule has 136 valence electrons. The van der Waals surface area contributed by atoms with Crippen LogP contribution < -0.4 is 10.6 Å². The molecule has 0 amide bonds. The van der Waals surface area contributed by atoms with Crippen LogP contribution in [0.4, 0.5) is 0 Å². The number of guanidine groups is 1. The van der Waals surface area contributed by atoms with Gasteiger partial charge in [0, 0.05) is 32.2 Å². The lowest BCUT2D eigenvalue weighted by molar-refractivity contribution is 0.630. The van der Waals surface area contributed by atoms with Crippen LogP contribution >= 0.6 is 0 Å². The Balaban J connectivity index is 1.53. The van der Waals surface area contributed by atoms with Gasteiger partial charge in [-0.25, -0.2) is 0 Å². The van der Waals surface area contributed by atoms with Crippen molar-refractivity contribution in [2.24, 2.45) is 4.99 Å². The maximum Gasteiger partial charge on any atom is 0.191 e. The zero-order chi connectivity index (χ0) is 18.2. The molecule has 3 rings (SSSR count). The van der Waals surface area contributed by atoms with Crippen molar-refractivity contribution in [1.29, 1.82) is 0 Å². The van der Waals surface area contributed by atoms with Gasteiger partial charge in [0.15, 0.2) is 11.8 Å². The first-order valence-corrected chi connectivity index (χ1v) is 8.57. The predicted molar refractivity (Wildman–Crippen MR) is 99.0 cm³/mol. The number of aliphatic imine (C=N–C) groups is 1. The Morgan fingerprint density at radius 3 is 2.58 bits per heavy atom. The molecule has 1 aromatic carbocycles. The Kier molecular flexibility index (Phi) is 5.92. The van der Waals surface area contributed by atoms with Crippen LogP contribution in [0.3, 0.4) is 0 Å². The topological polar surface area (TPSA) is 97.8 Å². The second-order valence-electron chi connectivity index (χ2n) is 5.60. The number of aromatic nitrogens is 6. The highest BCUT2D eigenvalue weighted by Gasteiger charge is 2.07. The van der Waals surface area contributed by atoms with Crippen molar-refractivity contribution < 1.29 is 0 Å². The molecule has 2 aromatic heterocycles. The molecule has 0 unspecified atom stereocenters. The van der Waals surface area contributed by atoms with E-state index in [1.807, 2.05) is 39.5 Å². The highest BCUT2D eigenvalue weighted by Crippen LogP contribution is 2.08. The Morgan fingerprint density at radius 1 is 1.04 bits per heavy atom. The fourth-order valence-corrected chi connectivity index (χ4v) is 2.60. The monoisotopic (exact) mass is 353 g/mol. The third-order valence-electron chi connectivity index (χ3n) is 3.95. The van der Waals surface area contributed by atoms with E-state index >= 15 is 0 Å². The van der Waals surface area contributed by atoms with Gasteiger partial charge < -0.3 is 15.2 Å². The number of benzene rings is 1. The number of aryl methyl sites for hydroxylation is 1. The summed E-state index contributed by atoms with van der Waals surface area (Å²) in [7, 11) is 1.74. The van der Waals surface area contributed by atoms with E-state index < -0.39 is 0 Å². The standard InChI is InChI=1S/C17H23N9/c1-3-15-23-21-12-25(15)10-9-19-17(18-2)20-11-16-24-22-13-26(16)14-7-5-4-6-8-14/h4-8,12-13H,3,9-11H2,1-2H3,(H2,18,19,20). The van der Waals surface area contributed by atoms with Crippen molar-refractivity contribution in [1.82, 2.24) is 40.2 Å². The molecule has 0 bridgehead atoms. The summed E-state index contributed by atoms with van der Waals surface area (Å²) >= 11 is 0. The van der Waals surface area contributed by atoms with Gasteiger partial charge in [0.05, 0.1) is 6.54 Å². The summed E-state index contributed by atoms with van der Waals surface area (Å²) in [5, 5.41) is 22.8. The number of rotatable bonds is 7. The number of hydrogen-bond acceptors (Lipinski definition) is 5. The maximum atomic E-state index is 4.25. The minimum Gasteiger partial charge on any atom is -0.355 e. The van der Waals surface area contributed by atoms with Gasteiger partial charge in [-0.1, -0.05) is 25.1 Å². The Labute approximate surface area is 152 Å². The second-order valence-corrected chi connectivity index (χ2v) is 5.60. The van der Waals surface area contributed by atoms with E-state index in [0.717, 1.165) is 36.8 Å². The smallest absolute Gasteiger partial charge is 0.191 e. The zero-order valence-corrected chi connectivity index (χ0v) is 15.0. The third kappa shape index (κ3) is 4.24. The molecule has 0 spiro atoms. The van der Waals surface area contributed by atoms with Crippen LogP contribution in [0.15, 0.2) is 48.0 Å². The van der Waals surface area contributed by atoms with Gasteiger partial charge in [0.1, 0.15) is 18.5 Å². The molecule has 26 heavy (non-hydrogen) atoms. The van der Waals surface area contributed by atoms with Crippen molar-refractivity contribution in [2.75, 3.05) is 13.6 Å². The molecule has 9 heteroatoms. The van der Waals surface area contributed by atoms with Crippen LogP contribution in [0.25, 0.3) is 5.69 Å². The molecule has 0 atom stereocenters. The minimum absolute atomic E-state index is 0.515. The van der Waals surface area contributed by atoms with Crippen molar-refractivity contribution in [2.45, 2.75) is 26.4 Å². The second kappa shape index (κ2) is 8.75. The Morgan fingerprint density at radius 2 is 1.81 bits per heavy atom. The van der Waals surface area contributed by atoms with E-state index in [1.165, 1.54) is 0 Å². The highest BCUT2D eigenvalue weighted by atomic mass is 15.3. The van der Waals surface area contributed by atoms with Crippen molar-refractivity contribution in [3.05, 3.63) is 54.6 Å². The van der Waals surface area contributed by atoms with E-state index in [1.54, 1.807) is 19.7 Å². The van der Waals surface area contributed by atoms with Gasteiger partial charge in [0.2, 0.25) is 0 Å². The van der Waals surface area contributed by atoms with Gasteiger partial charge >= 0.3 is 0 Å². The Bertz CT molecular complexity index is 835. The van der Waals surface area contributed by atoms with Crippen LogP contribution in [0, 0.1) is 0 Å². The van der Waals surface area contributed by atoms with Crippen LogP contribution in [0.1, 0.15) is 18.6 Å². The summed E-state index contributed by atoms with van der Waals surface area (Å²) in [6.07, 6.45) is 4.32. The summed E-state index contributed by atoms with van der Waals surface area (Å²) in [6, 6.07) is 10.00. The molecular formula is C17H23N9. The lowest BCUT2D eigenvalue weighted by atomic mass is 10.3. The fraction of sp³-hybridized carbons (Fsp3) is 0.353. The minimum atomic E-state index is 0.515. The molecule has 3 aromatic rings. The van der Waals surface area contributed by atoms with Gasteiger partial charge in [-0.15, -0.1) is 20.4 Å². The Hall–Kier alpha value is -3.23. The maximum absolute atomic E-state index is 4.25. The normalized spacial score (nSPS) is 11.5. The van der Waals surface area contributed by atoms with Gasteiger partial charge in [-0.3, -0.25) is 9.56 Å². The third-order valence-corrected chi connectivity index (χ3v) is 3.95. The van der Waals surface area contributed by atoms with Crippen molar-refractivity contribution in [3.63, 3.8) is 0 Å². The molecule has 9 nitrogen and oxygen atoms in total. The molecule has 2 N–H and O–H groups in total. The first-order valence-electron chi connectivity index (χ1n) is 8.57. The van der Waals surface area contributed by atoms with E-state index in [4.69, 9.17) is 0 Å². The lowest BCUT2D eigenvalue weighted by Gasteiger charge is -2.13. The molecule has 0 aliphatic rings. The average Bonchev–Trinajstić information content (AvgIpc) is 3.34. The molecule has 2 heterocycles. The summed E-state index contributed by atoms with van der Waals surface area (Å²) in [5.41, 5.74) is 1.02. The number of nitrogens with one attached hydrogen (secondary N) is 2. The summed E-state index contributed by atoms with van der Waals surface area (Å²) in [5.74, 6) is 2.50. The van der Waals surface area contributed by atoms with E-state index in [0.29, 0.717) is 12.5 Å². The van der Waals surface area contributed by atoms with E-state index in [2.05, 4.69) is 42.9 Å². The fourth-order valence-electron chi connectivity index (χ4n) is 2.60. The van der Waals surface area contributed by atoms with Crippen molar-refractivity contribution >= 4 is 5.96 Å². The van der Waals surface area contributed by atoms with Crippen LogP contribution in [0.5, 0.6) is 0 Å². The van der Waals surface area contributed by atoms with Gasteiger partial charge in [-0.05, 0) is 12.1 Å².